The van der Waals surface area contributed by atoms with E-state index in [1.165, 1.54) is 83.5 Å². The predicted molar refractivity (Wildman–Crippen MR) is 435 cm³/mol. The number of aliphatic hydroxyl groups is 2. The Morgan fingerprint density at radius 2 is 0.505 bits per heavy atom. The number of rotatable bonds is 76. The summed E-state index contributed by atoms with van der Waals surface area (Å²) in [6.07, 6.45) is 98.8. The van der Waals surface area contributed by atoms with Crippen molar-refractivity contribution >= 4 is 33.6 Å². The normalized spacial score (nSPS) is 14.8. The molecule has 0 saturated carbocycles. The van der Waals surface area contributed by atoms with Gasteiger partial charge in [0.1, 0.15) is 25.4 Å². The van der Waals surface area contributed by atoms with Gasteiger partial charge in [-0.1, -0.05) is 314 Å². The fourth-order valence-corrected chi connectivity index (χ4v) is 12.2. The highest BCUT2D eigenvalue weighted by Crippen LogP contribution is 2.45. The molecule has 5 atom stereocenters. The molecule has 0 fully saturated rings. The first-order chi connectivity index (χ1) is 51.2. The zero-order valence-electron chi connectivity index (χ0n) is 65.6. The molecule has 600 valence electrons. The number of allylic oxidation sites excluding steroid dienone is 26. The third-order valence-electron chi connectivity index (χ3n) is 16.7. The molecule has 0 aromatic carbocycles. The van der Waals surface area contributed by atoms with Gasteiger partial charge < -0.3 is 34.2 Å². The molecular formula is C87H146O16P2. The van der Waals surface area contributed by atoms with Crippen LogP contribution in [0.15, 0.2) is 158 Å². The maximum atomic E-state index is 12.9. The summed E-state index contributed by atoms with van der Waals surface area (Å²) in [7, 11) is -9.80. The minimum Gasteiger partial charge on any atom is -0.463 e. The number of esters is 3. The van der Waals surface area contributed by atoms with Crippen molar-refractivity contribution in [3.63, 3.8) is 0 Å². The van der Waals surface area contributed by atoms with E-state index in [2.05, 4.69) is 179 Å². The molecule has 0 spiro atoms. The number of aliphatic hydroxyl groups excluding tert-OH is 2. The minimum absolute atomic E-state index is 0.0801. The molecule has 18 heteroatoms. The molecule has 0 aromatic heterocycles. The molecule has 0 saturated heterocycles. The Balaban J connectivity index is 4.41. The van der Waals surface area contributed by atoms with Crippen LogP contribution < -0.4 is 0 Å². The van der Waals surface area contributed by atoms with Crippen LogP contribution in [0, 0.1) is 0 Å². The highest BCUT2D eigenvalue weighted by atomic mass is 31.2. The maximum Gasteiger partial charge on any atom is 0.472 e. The maximum absolute atomic E-state index is 12.9. The molecule has 0 rings (SSSR count). The predicted octanol–water partition coefficient (Wildman–Crippen LogP) is 24.2. The van der Waals surface area contributed by atoms with Gasteiger partial charge in [0.05, 0.1) is 26.4 Å². The van der Waals surface area contributed by atoms with Crippen molar-refractivity contribution in [3.8, 4) is 0 Å². The Kier molecular flexibility index (Phi) is 75.1. The smallest absolute Gasteiger partial charge is 0.463 e. The average Bonchev–Trinajstić information content (AvgIpc) is 1.03. The lowest BCUT2D eigenvalue weighted by molar-refractivity contribution is -0.161. The molecule has 0 aliphatic carbocycles. The molecule has 0 aromatic rings. The van der Waals surface area contributed by atoms with Crippen LogP contribution >= 0.6 is 15.6 Å². The zero-order chi connectivity index (χ0) is 76.6. The number of carbonyl (C=O) groups is 3. The van der Waals surface area contributed by atoms with Crippen LogP contribution in [0.3, 0.4) is 0 Å². The van der Waals surface area contributed by atoms with Gasteiger partial charge in [0.25, 0.3) is 0 Å². The number of phosphoric acid groups is 2. The quantitative estimate of drug-likeness (QED) is 0.0146. The monoisotopic (exact) mass is 1510 g/mol. The van der Waals surface area contributed by atoms with Crippen LogP contribution in [0.1, 0.15) is 316 Å². The van der Waals surface area contributed by atoms with E-state index in [1.54, 1.807) is 0 Å². The van der Waals surface area contributed by atoms with Crippen molar-refractivity contribution in [1.82, 2.24) is 0 Å². The van der Waals surface area contributed by atoms with Crippen molar-refractivity contribution in [2.24, 2.45) is 0 Å². The van der Waals surface area contributed by atoms with E-state index in [0.29, 0.717) is 19.3 Å². The van der Waals surface area contributed by atoms with Gasteiger partial charge in [-0.15, -0.1) is 0 Å². The molecule has 5 unspecified atom stereocenters. The van der Waals surface area contributed by atoms with E-state index < -0.39 is 91.5 Å². The van der Waals surface area contributed by atoms with E-state index in [4.69, 9.17) is 32.3 Å². The number of ether oxygens (including phenoxy) is 3. The Labute approximate surface area is 638 Å². The van der Waals surface area contributed by atoms with E-state index in [1.807, 2.05) is 0 Å². The van der Waals surface area contributed by atoms with E-state index in [0.717, 1.165) is 173 Å². The van der Waals surface area contributed by atoms with Crippen LogP contribution in [-0.2, 0) is 55.8 Å². The lowest BCUT2D eigenvalue weighted by atomic mass is 10.0. The van der Waals surface area contributed by atoms with Crippen molar-refractivity contribution in [1.29, 1.82) is 0 Å². The Morgan fingerprint density at radius 1 is 0.276 bits per heavy atom. The van der Waals surface area contributed by atoms with E-state index >= 15 is 0 Å². The molecule has 16 nitrogen and oxygen atoms in total. The summed E-state index contributed by atoms with van der Waals surface area (Å²) in [6, 6.07) is 0. The van der Waals surface area contributed by atoms with Crippen LogP contribution in [0.5, 0.6) is 0 Å². The summed E-state index contributed by atoms with van der Waals surface area (Å²) < 4.78 is 61.1. The second-order valence-corrected chi connectivity index (χ2v) is 29.7. The van der Waals surface area contributed by atoms with E-state index in [-0.39, 0.29) is 19.3 Å². The summed E-state index contributed by atoms with van der Waals surface area (Å²) in [5.74, 6) is -1.61. The van der Waals surface area contributed by atoms with Crippen LogP contribution in [0.25, 0.3) is 0 Å². The Bertz CT molecular complexity index is 2540. The number of carbonyl (C=O) groups excluding carboxylic acids is 3. The summed E-state index contributed by atoms with van der Waals surface area (Å²) in [5, 5.41) is 20.6. The van der Waals surface area contributed by atoms with Crippen molar-refractivity contribution in [3.05, 3.63) is 158 Å². The first-order valence-corrected chi connectivity index (χ1v) is 43.8. The molecule has 0 amide bonds. The molecule has 0 aliphatic heterocycles. The fourth-order valence-electron chi connectivity index (χ4n) is 10.6. The lowest BCUT2D eigenvalue weighted by Gasteiger charge is -2.21. The molecule has 105 heavy (non-hydrogen) atoms. The van der Waals surface area contributed by atoms with Crippen molar-refractivity contribution < 1.29 is 75.8 Å². The van der Waals surface area contributed by atoms with E-state index in [9.17, 15) is 43.5 Å². The van der Waals surface area contributed by atoms with Gasteiger partial charge in [0.2, 0.25) is 0 Å². The average molecular weight is 1510 g/mol. The summed E-state index contributed by atoms with van der Waals surface area (Å²) in [6.45, 7) is 2.35. The van der Waals surface area contributed by atoms with Crippen LogP contribution in [-0.4, -0.2) is 95.9 Å². The van der Waals surface area contributed by atoms with Crippen molar-refractivity contribution in [2.45, 2.75) is 334 Å². The van der Waals surface area contributed by atoms with Crippen molar-refractivity contribution in [2.75, 3.05) is 39.6 Å². The SMILES string of the molecule is CC/C=C\C/C=C\C/C=C\C/C=C\C/C=C\C/C=C\CCCCCCCCCCCCCCCCCCC(=O)OCC(O)COP(=O)(O)OCC(O)COP(=O)(O)OCC(COC(=O)CCCCCCC/C=C\C/C=C\C/C=C\C/C=C\C/C=C\CC)OC(=O)CCCCCCC/C=C\C/C=C\CCC. The standard InChI is InChI=1S/C87H146O16P2/c1-4-7-10-13-16-19-22-25-27-29-31-33-34-35-36-37-38-39-40-41-42-43-44-45-46-48-50-51-53-56-58-61-64-67-70-73-85(90)97-76-82(88)77-99-104(93,94)100-78-83(89)79-101-105(95,96)102-81-84(103-87(92)75-72-69-66-63-60-55-24-21-18-15-12-9-6-3)80-98-86(91)74-71-68-65-62-59-57-54-52-49-47-32-30-28-26-23-20-17-14-11-8-5-2/h7-8,10-12,15-17,19-21,24-28,31-33,35-36,38-39,47,52,54,82-84,88-89H,4-6,9,13-14,18,22-23,29-30,34,37,40-46,48-51,53,55-81H2,1-3H3,(H,93,94)(H,95,96)/b10-7-,11-8-,15-12-,19-16-,20-17-,24-21-,27-25-,28-26-,33-31-,36-35-,39-38-,47-32-,54-52-. The van der Waals surface area contributed by atoms with Gasteiger partial charge in [-0.3, -0.25) is 32.5 Å². The molecule has 0 bridgehead atoms. The van der Waals surface area contributed by atoms with Crippen LogP contribution in [0.4, 0.5) is 0 Å². The first-order valence-electron chi connectivity index (χ1n) is 40.8. The Morgan fingerprint density at radius 3 is 0.800 bits per heavy atom. The van der Waals surface area contributed by atoms with Gasteiger partial charge in [-0.2, -0.15) is 0 Å². The number of unbranched alkanes of at least 4 members (excludes halogenated alkanes) is 27. The van der Waals surface area contributed by atoms with Gasteiger partial charge in [0.15, 0.2) is 6.10 Å². The topological polar surface area (TPSA) is 231 Å². The van der Waals surface area contributed by atoms with Gasteiger partial charge >= 0.3 is 33.6 Å². The molecule has 0 radical (unpaired) electrons. The third kappa shape index (κ3) is 80.0. The largest absolute Gasteiger partial charge is 0.472 e. The van der Waals surface area contributed by atoms with Gasteiger partial charge in [0, 0.05) is 19.3 Å². The first kappa shape index (κ1) is 100. The molecule has 0 aliphatic rings. The van der Waals surface area contributed by atoms with Crippen LogP contribution in [0.2, 0.25) is 0 Å². The molecule has 0 heterocycles. The number of phosphoric ester groups is 2. The lowest BCUT2D eigenvalue weighted by Crippen LogP contribution is -2.30. The molecular weight excluding hydrogens is 1360 g/mol. The summed E-state index contributed by atoms with van der Waals surface area (Å²) in [4.78, 5) is 58.6. The minimum atomic E-state index is -4.94. The van der Waals surface area contributed by atoms with Gasteiger partial charge in [-0.25, -0.2) is 9.13 Å². The second-order valence-electron chi connectivity index (χ2n) is 26.8. The number of hydrogen-bond donors (Lipinski definition) is 4. The third-order valence-corrected chi connectivity index (χ3v) is 18.6. The molecule has 4 N–H and O–H groups in total. The summed E-state index contributed by atoms with van der Waals surface area (Å²) in [5.41, 5.74) is 0. The highest BCUT2D eigenvalue weighted by Gasteiger charge is 2.29. The summed E-state index contributed by atoms with van der Waals surface area (Å²) >= 11 is 0. The van der Waals surface area contributed by atoms with Gasteiger partial charge in [-0.05, 0) is 141 Å². The second kappa shape index (κ2) is 78.7. The Hall–Kier alpha value is -4.83. The number of hydrogen-bond acceptors (Lipinski definition) is 14. The highest BCUT2D eigenvalue weighted by molar-refractivity contribution is 7.47. The fraction of sp³-hybridized carbons (Fsp3) is 0.667. The zero-order valence-corrected chi connectivity index (χ0v) is 67.4.